The fourth-order valence-corrected chi connectivity index (χ4v) is 2.36. The van der Waals surface area contributed by atoms with Crippen LogP contribution in [0.5, 0.6) is 0 Å². The van der Waals surface area contributed by atoms with Gasteiger partial charge < -0.3 is 24.8 Å². The standard InChI is InChI=1S/C9H7.C8H8.C5H5.2ClH.Ti/c1-2-5-9-7-3-6-8(9)4-1;1-2-8-6-4-3-5-7-8;1-2-4-5-3-1;;;/h1-7H;3-7H,1H3;1-3H,4H2;2*1H;/q-1;;-1;;;+2/p-2. The summed E-state index contributed by atoms with van der Waals surface area (Å²) in [5.74, 6) is 0. The molecule has 3 heteroatoms. The quantitative estimate of drug-likeness (QED) is 0.385. The molecule has 0 atom stereocenters. The zero-order valence-corrected chi connectivity index (χ0v) is 17.2. The number of halogens is 2. The summed E-state index contributed by atoms with van der Waals surface area (Å²) in [6.07, 6.45) is 10.0. The molecule has 3 aromatic rings. The van der Waals surface area contributed by atoms with Gasteiger partial charge in [-0.3, -0.25) is 6.08 Å². The van der Waals surface area contributed by atoms with Gasteiger partial charge in [-0.2, -0.15) is 23.6 Å². The molecule has 1 aliphatic rings. The van der Waals surface area contributed by atoms with Crippen LogP contribution >= 0.6 is 0 Å². The Morgan fingerprint density at radius 3 is 2.12 bits per heavy atom. The zero-order chi connectivity index (χ0) is 16.3. The second kappa shape index (κ2) is 13.9. The molecule has 3 aromatic carbocycles. The van der Waals surface area contributed by atoms with E-state index in [9.17, 15) is 0 Å². The van der Waals surface area contributed by atoms with Gasteiger partial charge in [-0.1, -0.05) is 6.07 Å². The SMILES string of the molecule is C[C](=[Ti+2])c1ccccc1.[C-]1=CC=CC1.[Cl-].[Cl-].c1ccc2[cH-]ccc2c1. The third kappa shape index (κ3) is 9.09. The summed E-state index contributed by atoms with van der Waals surface area (Å²) in [7, 11) is 0. The Balaban J connectivity index is 0.000000345. The smallest absolute Gasteiger partial charge is 0.0809 e. The van der Waals surface area contributed by atoms with Crippen LogP contribution in [0, 0.1) is 6.08 Å². The Morgan fingerprint density at radius 1 is 0.960 bits per heavy atom. The summed E-state index contributed by atoms with van der Waals surface area (Å²) in [6.45, 7) is 2.12. The van der Waals surface area contributed by atoms with E-state index in [2.05, 4.69) is 106 Å². The van der Waals surface area contributed by atoms with Gasteiger partial charge in [0.15, 0.2) is 0 Å². The molecule has 0 bridgehead atoms. The monoisotopic (exact) mass is 402 g/mol. The first kappa shape index (κ1) is 23.7. The third-order valence-corrected chi connectivity index (χ3v) is 3.79. The minimum Gasteiger partial charge on any atom is -1.00 e. The molecule has 4 rings (SSSR count). The van der Waals surface area contributed by atoms with E-state index in [0.29, 0.717) is 0 Å². The van der Waals surface area contributed by atoms with Crippen LogP contribution in [0.2, 0.25) is 0 Å². The number of hydrogen-bond acceptors (Lipinski definition) is 0. The minimum atomic E-state index is 0. The molecule has 1 aliphatic carbocycles. The number of fused-ring (bicyclic) bond motifs is 1. The molecule has 0 spiro atoms. The predicted octanol–water partition coefficient (Wildman–Crippen LogP) is -0.354. The maximum absolute atomic E-state index is 2.99. The average Bonchev–Trinajstić information content (AvgIpc) is 3.30. The van der Waals surface area contributed by atoms with Gasteiger partial charge in [0.1, 0.15) is 0 Å². The van der Waals surface area contributed by atoms with Crippen molar-refractivity contribution in [1.29, 1.82) is 0 Å². The van der Waals surface area contributed by atoms with E-state index in [-0.39, 0.29) is 24.8 Å². The third-order valence-electron chi connectivity index (χ3n) is 3.34. The molecule has 0 nitrogen and oxygen atoms in total. The normalized spacial score (nSPS) is 10.5. The summed E-state index contributed by atoms with van der Waals surface area (Å²) in [6, 6.07) is 25.1. The van der Waals surface area contributed by atoms with Gasteiger partial charge in [-0.05, 0) is 0 Å². The molecular weight excluding hydrogens is 383 g/mol. The topological polar surface area (TPSA) is 0 Å². The number of benzene rings is 2. The molecule has 0 aliphatic heterocycles. The Hall–Kier alpha value is -1.31. The fraction of sp³-hybridized carbons (Fsp3) is 0.0909. The molecule has 0 saturated carbocycles. The summed E-state index contributed by atoms with van der Waals surface area (Å²) >= 11 is 2.12. The maximum atomic E-state index is 2.99. The van der Waals surface area contributed by atoms with E-state index in [1.165, 1.54) is 20.1 Å². The number of allylic oxidation sites excluding steroid dienone is 4. The molecule has 0 unspecified atom stereocenters. The van der Waals surface area contributed by atoms with Crippen molar-refractivity contribution in [2.24, 2.45) is 0 Å². The Morgan fingerprint density at radius 2 is 1.64 bits per heavy atom. The molecule has 128 valence electrons. The minimum absolute atomic E-state index is 0. The molecule has 0 saturated heterocycles. The predicted molar refractivity (Wildman–Crippen MR) is 97.3 cm³/mol. The van der Waals surface area contributed by atoms with Crippen LogP contribution in [0.1, 0.15) is 18.9 Å². The molecule has 25 heavy (non-hydrogen) atoms. The first-order valence-corrected chi connectivity index (χ1v) is 8.48. The second-order valence-corrected chi connectivity index (χ2v) is 6.32. The van der Waals surface area contributed by atoms with Gasteiger partial charge in [0.2, 0.25) is 0 Å². The second-order valence-electron chi connectivity index (χ2n) is 5.15. The van der Waals surface area contributed by atoms with Crippen molar-refractivity contribution in [3.8, 4) is 0 Å². The molecule has 0 N–H and O–H groups in total. The maximum Gasteiger partial charge on any atom is -0.0809 e. The van der Waals surface area contributed by atoms with E-state index in [1.54, 1.807) is 0 Å². The number of hydrogen-bond donors (Lipinski definition) is 0. The average molecular weight is 403 g/mol. The molecule has 0 amide bonds. The van der Waals surface area contributed by atoms with Crippen LogP contribution < -0.4 is 24.8 Å². The molecule has 0 fully saturated rings. The van der Waals surface area contributed by atoms with E-state index in [1.807, 2.05) is 18.2 Å². The van der Waals surface area contributed by atoms with Gasteiger partial charge in [0.05, 0.1) is 0 Å². The van der Waals surface area contributed by atoms with Crippen molar-refractivity contribution in [1.82, 2.24) is 0 Å². The van der Waals surface area contributed by atoms with Gasteiger partial charge in [0.25, 0.3) is 0 Å². The Bertz CT molecular complexity index is 746. The van der Waals surface area contributed by atoms with E-state index < -0.39 is 0 Å². The van der Waals surface area contributed by atoms with Gasteiger partial charge in [-0.15, -0.1) is 36.1 Å². The van der Waals surface area contributed by atoms with Gasteiger partial charge in [-0.25, -0.2) is 12.2 Å². The molecule has 0 heterocycles. The van der Waals surface area contributed by atoms with Crippen molar-refractivity contribution in [3.05, 3.63) is 103 Å². The van der Waals surface area contributed by atoms with Crippen LogP contribution in [-0.2, 0) is 20.0 Å². The summed E-state index contributed by atoms with van der Waals surface area (Å²) < 4.78 is 1.37. The zero-order valence-electron chi connectivity index (χ0n) is 14.1. The first-order valence-electron chi connectivity index (χ1n) is 7.70. The summed E-state index contributed by atoms with van der Waals surface area (Å²) in [4.78, 5) is 0. The van der Waals surface area contributed by atoms with Crippen LogP contribution in [0.3, 0.4) is 0 Å². The largest absolute Gasteiger partial charge is 1.00 e. The van der Waals surface area contributed by atoms with Crippen LogP contribution in [0.15, 0.2) is 91.0 Å². The van der Waals surface area contributed by atoms with Crippen molar-refractivity contribution in [2.45, 2.75) is 13.3 Å². The van der Waals surface area contributed by atoms with E-state index in [0.717, 1.165) is 6.42 Å². The molecule has 0 aromatic heterocycles. The van der Waals surface area contributed by atoms with E-state index >= 15 is 0 Å². The summed E-state index contributed by atoms with van der Waals surface area (Å²) in [5.41, 5.74) is 1.33. The number of rotatable bonds is 1. The fourth-order valence-electron chi connectivity index (χ4n) is 2.10. The van der Waals surface area contributed by atoms with E-state index in [4.69, 9.17) is 0 Å². The van der Waals surface area contributed by atoms with Crippen molar-refractivity contribution in [3.63, 3.8) is 0 Å². The first-order chi connectivity index (χ1) is 11.3. The molecular formula is C22H20Cl2Ti-2. The van der Waals surface area contributed by atoms with Crippen LogP contribution in [0.25, 0.3) is 10.8 Å². The van der Waals surface area contributed by atoms with Crippen LogP contribution in [-0.4, -0.2) is 3.81 Å². The summed E-state index contributed by atoms with van der Waals surface area (Å²) in [5, 5.41) is 2.66. The molecule has 0 radical (unpaired) electrons. The Labute approximate surface area is 174 Å². The van der Waals surface area contributed by atoms with Gasteiger partial charge >= 0.3 is 66.6 Å². The van der Waals surface area contributed by atoms with Crippen LogP contribution in [0.4, 0.5) is 0 Å². The Kier molecular flexibility index (Phi) is 13.2. The van der Waals surface area contributed by atoms with Crippen molar-refractivity contribution in [2.75, 3.05) is 0 Å². The van der Waals surface area contributed by atoms with Crippen molar-refractivity contribution >= 4 is 14.6 Å². The van der Waals surface area contributed by atoms with Crippen molar-refractivity contribution < 1.29 is 44.8 Å². The van der Waals surface area contributed by atoms with Gasteiger partial charge in [0, 0.05) is 0 Å².